The number of H-pyrrole nitrogens is 1. The number of hydrogen-bond acceptors (Lipinski definition) is 6. The van der Waals surface area contributed by atoms with Crippen LogP contribution in [0.2, 0.25) is 0 Å². The van der Waals surface area contributed by atoms with Crippen molar-refractivity contribution in [2.75, 3.05) is 0 Å². The number of hydrogen-bond donors (Lipinski definition) is 1. The Labute approximate surface area is 107 Å². The van der Waals surface area contributed by atoms with Gasteiger partial charge in [0.15, 0.2) is 0 Å². The van der Waals surface area contributed by atoms with Crippen molar-refractivity contribution in [2.45, 2.75) is 6.92 Å². The van der Waals surface area contributed by atoms with Gasteiger partial charge in [0.05, 0.1) is 11.8 Å². The lowest BCUT2D eigenvalue weighted by molar-refractivity contribution is 0.432. The van der Waals surface area contributed by atoms with Gasteiger partial charge in [0.2, 0.25) is 5.82 Å². The molecule has 7 nitrogen and oxygen atoms in total. The van der Waals surface area contributed by atoms with E-state index in [1.807, 2.05) is 25.1 Å². The van der Waals surface area contributed by atoms with E-state index < -0.39 is 0 Å². The molecule has 0 saturated heterocycles. The van der Waals surface area contributed by atoms with Crippen LogP contribution in [0.4, 0.5) is 0 Å². The Morgan fingerprint density at radius 3 is 3.11 bits per heavy atom. The third-order valence-electron chi connectivity index (χ3n) is 2.63. The van der Waals surface area contributed by atoms with E-state index in [9.17, 15) is 0 Å². The van der Waals surface area contributed by atoms with Gasteiger partial charge in [-0.25, -0.2) is 0 Å². The van der Waals surface area contributed by atoms with Crippen molar-refractivity contribution in [1.82, 2.24) is 25.3 Å². The van der Waals surface area contributed by atoms with Crippen LogP contribution in [0.1, 0.15) is 11.3 Å². The maximum atomic E-state index is 8.91. The average molecular weight is 252 g/mol. The highest BCUT2D eigenvalue weighted by Crippen LogP contribution is 2.23. The topological polar surface area (TPSA) is 104 Å². The fourth-order valence-corrected chi connectivity index (χ4v) is 1.68. The van der Waals surface area contributed by atoms with Gasteiger partial charge in [-0.05, 0) is 18.6 Å². The summed E-state index contributed by atoms with van der Waals surface area (Å²) < 4.78 is 5.15. The zero-order chi connectivity index (χ0) is 13.2. The lowest BCUT2D eigenvalue weighted by atomic mass is 10.2. The number of nitrogens with zero attached hydrogens (tertiary/aromatic N) is 5. The molecule has 1 N–H and O–H groups in total. The van der Waals surface area contributed by atoms with Crippen LogP contribution in [-0.2, 0) is 0 Å². The average Bonchev–Trinajstić information content (AvgIpc) is 3.07. The molecule has 7 heteroatoms. The molecule has 0 aromatic carbocycles. The minimum atomic E-state index is 0.241. The summed E-state index contributed by atoms with van der Waals surface area (Å²) in [5.41, 5.74) is 2.37. The molecule has 0 atom stereocenters. The summed E-state index contributed by atoms with van der Waals surface area (Å²) in [5.74, 6) is 0.628. The first-order valence-electron chi connectivity index (χ1n) is 5.49. The number of nitriles is 1. The zero-order valence-electron chi connectivity index (χ0n) is 9.95. The van der Waals surface area contributed by atoms with Crippen molar-refractivity contribution in [2.24, 2.45) is 0 Å². The lowest BCUT2D eigenvalue weighted by Gasteiger charge is -1.96. The quantitative estimate of drug-likeness (QED) is 0.744. The predicted molar refractivity (Wildman–Crippen MR) is 64.6 cm³/mol. The van der Waals surface area contributed by atoms with E-state index in [-0.39, 0.29) is 11.6 Å². The van der Waals surface area contributed by atoms with E-state index in [1.54, 1.807) is 6.20 Å². The normalized spacial score (nSPS) is 10.3. The highest BCUT2D eigenvalue weighted by Gasteiger charge is 2.17. The molecule has 0 amide bonds. The SMILES string of the molecule is Cc1cccnc1-c1noc(-c2cn[nH]c2C#N)n1. The molecule has 0 fully saturated rings. The van der Waals surface area contributed by atoms with E-state index in [0.717, 1.165) is 5.56 Å². The highest BCUT2D eigenvalue weighted by molar-refractivity contribution is 5.62. The van der Waals surface area contributed by atoms with Crippen molar-refractivity contribution < 1.29 is 4.52 Å². The predicted octanol–water partition coefficient (Wildman–Crippen LogP) is 1.70. The third kappa shape index (κ3) is 1.85. The Kier molecular flexibility index (Phi) is 2.54. The lowest BCUT2D eigenvalue weighted by Crippen LogP contribution is -1.89. The summed E-state index contributed by atoms with van der Waals surface area (Å²) >= 11 is 0. The molecule has 19 heavy (non-hydrogen) atoms. The fraction of sp³-hybridized carbons (Fsp3) is 0.0833. The van der Waals surface area contributed by atoms with Gasteiger partial charge in [-0.2, -0.15) is 15.3 Å². The molecule has 0 aliphatic heterocycles. The number of pyridine rings is 1. The molecule has 0 saturated carbocycles. The van der Waals surface area contributed by atoms with Crippen LogP contribution in [0.25, 0.3) is 23.0 Å². The van der Waals surface area contributed by atoms with Crippen LogP contribution in [0, 0.1) is 18.3 Å². The van der Waals surface area contributed by atoms with Crippen LogP contribution in [0.5, 0.6) is 0 Å². The van der Waals surface area contributed by atoms with Crippen LogP contribution in [0.15, 0.2) is 29.0 Å². The molecular formula is C12H8N6O. The molecule has 92 valence electrons. The van der Waals surface area contributed by atoms with Crippen LogP contribution < -0.4 is 0 Å². The Hall–Kier alpha value is -3.01. The van der Waals surface area contributed by atoms with E-state index in [4.69, 9.17) is 9.78 Å². The summed E-state index contributed by atoms with van der Waals surface area (Å²) in [5, 5.41) is 19.1. The molecule has 0 bridgehead atoms. The van der Waals surface area contributed by atoms with Crippen molar-refractivity contribution in [3.05, 3.63) is 35.8 Å². The maximum absolute atomic E-state index is 8.91. The molecular weight excluding hydrogens is 244 g/mol. The Morgan fingerprint density at radius 1 is 1.42 bits per heavy atom. The van der Waals surface area contributed by atoms with Crippen molar-refractivity contribution in [3.63, 3.8) is 0 Å². The number of nitrogens with one attached hydrogen (secondary N) is 1. The molecule has 3 aromatic heterocycles. The molecule has 3 rings (SSSR count). The summed E-state index contributed by atoms with van der Waals surface area (Å²) in [6.07, 6.45) is 3.14. The minimum Gasteiger partial charge on any atom is -0.333 e. The first kappa shape index (κ1) is 11.1. The Morgan fingerprint density at radius 2 is 2.32 bits per heavy atom. The molecule has 0 spiro atoms. The largest absolute Gasteiger partial charge is 0.333 e. The fourth-order valence-electron chi connectivity index (χ4n) is 1.68. The molecule has 3 heterocycles. The Bertz CT molecular complexity index is 750. The molecule has 0 aliphatic carbocycles. The molecule has 3 aromatic rings. The van der Waals surface area contributed by atoms with Gasteiger partial charge < -0.3 is 4.52 Å². The second-order valence-electron chi connectivity index (χ2n) is 3.86. The van der Waals surface area contributed by atoms with Gasteiger partial charge in [0.1, 0.15) is 17.5 Å². The summed E-state index contributed by atoms with van der Waals surface area (Å²) in [7, 11) is 0. The number of aryl methyl sites for hydroxylation is 1. The van der Waals surface area contributed by atoms with Crippen LogP contribution >= 0.6 is 0 Å². The van der Waals surface area contributed by atoms with Gasteiger partial charge in [-0.1, -0.05) is 11.2 Å². The first-order chi connectivity index (χ1) is 9.29. The van der Waals surface area contributed by atoms with Gasteiger partial charge in [-0.15, -0.1) is 0 Å². The maximum Gasteiger partial charge on any atom is 0.262 e. The van der Waals surface area contributed by atoms with Gasteiger partial charge in [0.25, 0.3) is 5.89 Å². The van der Waals surface area contributed by atoms with Crippen molar-refractivity contribution >= 4 is 0 Å². The van der Waals surface area contributed by atoms with Crippen molar-refractivity contribution in [1.29, 1.82) is 5.26 Å². The van der Waals surface area contributed by atoms with Crippen molar-refractivity contribution in [3.8, 4) is 29.0 Å². The third-order valence-corrected chi connectivity index (χ3v) is 2.63. The summed E-state index contributed by atoms with van der Waals surface area (Å²) in [6.45, 7) is 1.91. The first-order valence-corrected chi connectivity index (χ1v) is 5.49. The minimum absolute atomic E-state index is 0.241. The molecule has 0 aliphatic rings. The smallest absolute Gasteiger partial charge is 0.262 e. The second-order valence-corrected chi connectivity index (χ2v) is 3.86. The number of rotatable bonds is 2. The Balaban J connectivity index is 2.06. The van der Waals surface area contributed by atoms with Gasteiger partial charge in [0, 0.05) is 6.20 Å². The number of aromatic amines is 1. The van der Waals surface area contributed by atoms with Gasteiger partial charge in [-0.3, -0.25) is 10.1 Å². The monoisotopic (exact) mass is 252 g/mol. The summed E-state index contributed by atoms with van der Waals surface area (Å²) in [4.78, 5) is 8.45. The zero-order valence-corrected chi connectivity index (χ0v) is 9.95. The van der Waals surface area contributed by atoms with E-state index in [0.29, 0.717) is 17.1 Å². The molecule has 0 radical (unpaired) electrons. The van der Waals surface area contributed by atoms with E-state index >= 15 is 0 Å². The standard InChI is InChI=1S/C12H8N6O/c1-7-3-2-4-14-10(7)11-16-12(19-18-11)8-6-15-17-9(8)5-13/h2-4,6H,1H3,(H,15,17). The summed E-state index contributed by atoms with van der Waals surface area (Å²) in [6, 6.07) is 5.72. The van der Waals surface area contributed by atoms with E-state index in [1.165, 1.54) is 6.20 Å². The van der Waals surface area contributed by atoms with Gasteiger partial charge >= 0.3 is 0 Å². The molecule has 0 unspecified atom stereocenters. The van der Waals surface area contributed by atoms with Crippen LogP contribution in [0.3, 0.4) is 0 Å². The number of aromatic nitrogens is 5. The van der Waals surface area contributed by atoms with Crippen LogP contribution in [-0.4, -0.2) is 25.3 Å². The second kappa shape index (κ2) is 4.34. The highest BCUT2D eigenvalue weighted by atomic mass is 16.5. The van der Waals surface area contributed by atoms with E-state index in [2.05, 4.69) is 25.3 Å².